The summed E-state index contributed by atoms with van der Waals surface area (Å²) in [5.41, 5.74) is 0. The van der Waals surface area contributed by atoms with Gasteiger partial charge < -0.3 is 5.32 Å². The summed E-state index contributed by atoms with van der Waals surface area (Å²) in [6, 6.07) is 1.66. The van der Waals surface area contributed by atoms with Gasteiger partial charge in [0.15, 0.2) is 0 Å². The van der Waals surface area contributed by atoms with Gasteiger partial charge in [-0.3, -0.25) is 4.90 Å². The Hall–Kier alpha value is -0.0800. The van der Waals surface area contributed by atoms with Crippen LogP contribution in [0.3, 0.4) is 0 Å². The van der Waals surface area contributed by atoms with Gasteiger partial charge in [-0.15, -0.1) is 0 Å². The molecule has 1 N–H and O–H groups in total. The molecule has 1 unspecified atom stereocenters. The summed E-state index contributed by atoms with van der Waals surface area (Å²) in [6.45, 7) is 4.95. The summed E-state index contributed by atoms with van der Waals surface area (Å²) in [4.78, 5) is 2.76. The zero-order chi connectivity index (χ0) is 10.7. The molecule has 2 saturated carbocycles. The Balaban J connectivity index is 1.75. The van der Waals surface area contributed by atoms with Gasteiger partial charge in [0.25, 0.3) is 0 Å². The third-order valence-electron chi connectivity index (χ3n) is 3.75. The van der Waals surface area contributed by atoms with Crippen molar-refractivity contribution in [3.63, 3.8) is 0 Å². The van der Waals surface area contributed by atoms with Crippen LogP contribution in [-0.2, 0) is 0 Å². The van der Waals surface area contributed by atoms with E-state index in [-0.39, 0.29) is 0 Å². The first kappa shape index (κ1) is 11.4. The van der Waals surface area contributed by atoms with E-state index in [0.717, 1.165) is 12.0 Å². The van der Waals surface area contributed by atoms with Gasteiger partial charge in [-0.05, 0) is 45.1 Å². The maximum atomic E-state index is 3.47. The Kier molecular flexibility index (Phi) is 4.04. The molecule has 0 amide bonds. The second-order valence-corrected chi connectivity index (χ2v) is 5.40. The van der Waals surface area contributed by atoms with Crippen molar-refractivity contribution < 1.29 is 0 Å². The molecule has 0 heterocycles. The lowest BCUT2D eigenvalue weighted by Crippen LogP contribution is -2.41. The smallest absolute Gasteiger partial charge is 0.0192 e. The van der Waals surface area contributed by atoms with E-state index in [0.29, 0.717) is 6.04 Å². The number of hydrogen-bond donors (Lipinski definition) is 1. The predicted molar refractivity (Wildman–Crippen MR) is 65.1 cm³/mol. The third kappa shape index (κ3) is 3.76. The van der Waals surface area contributed by atoms with Crippen molar-refractivity contribution in [3.8, 4) is 0 Å². The first-order valence-corrected chi connectivity index (χ1v) is 6.74. The minimum atomic E-state index is 0.717. The minimum absolute atomic E-state index is 0.717. The molecule has 0 saturated heterocycles. The maximum Gasteiger partial charge on any atom is 0.0192 e. The fourth-order valence-corrected chi connectivity index (χ4v) is 2.40. The number of nitrogens with one attached hydrogen (secondary N) is 1. The van der Waals surface area contributed by atoms with Gasteiger partial charge in [-0.1, -0.05) is 13.3 Å². The molecular formula is C13H26N2. The molecule has 2 heteroatoms. The molecule has 2 nitrogen and oxygen atoms in total. The van der Waals surface area contributed by atoms with Gasteiger partial charge in [-0.25, -0.2) is 0 Å². The summed E-state index contributed by atoms with van der Waals surface area (Å²) in [5.74, 6) is 1.05. The molecule has 0 aromatic heterocycles. The van der Waals surface area contributed by atoms with Crippen LogP contribution >= 0.6 is 0 Å². The van der Waals surface area contributed by atoms with Crippen LogP contribution in [0.5, 0.6) is 0 Å². The maximum absolute atomic E-state index is 3.47. The van der Waals surface area contributed by atoms with E-state index in [1.165, 1.54) is 51.6 Å². The lowest BCUT2D eigenvalue weighted by molar-refractivity contribution is 0.222. The number of rotatable bonds is 8. The van der Waals surface area contributed by atoms with Gasteiger partial charge in [0.05, 0.1) is 0 Å². The van der Waals surface area contributed by atoms with Gasteiger partial charge in [0.2, 0.25) is 0 Å². The molecule has 88 valence electrons. The molecule has 0 aromatic carbocycles. The highest BCUT2D eigenvalue weighted by molar-refractivity contribution is 4.90. The molecule has 2 fully saturated rings. The van der Waals surface area contributed by atoms with Crippen molar-refractivity contribution in [3.05, 3.63) is 0 Å². The average molecular weight is 210 g/mol. The molecular weight excluding hydrogens is 184 g/mol. The zero-order valence-electron chi connectivity index (χ0n) is 10.3. The molecule has 0 radical (unpaired) electrons. The van der Waals surface area contributed by atoms with Crippen molar-refractivity contribution >= 4 is 0 Å². The highest BCUT2D eigenvalue weighted by Crippen LogP contribution is 2.34. The van der Waals surface area contributed by atoms with E-state index in [2.05, 4.69) is 24.2 Å². The second kappa shape index (κ2) is 5.31. The van der Waals surface area contributed by atoms with Crippen LogP contribution in [0.15, 0.2) is 0 Å². The zero-order valence-corrected chi connectivity index (χ0v) is 10.3. The van der Waals surface area contributed by atoms with Crippen molar-refractivity contribution in [2.45, 2.75) is 57.5 Å². The molecule has 0 aliphatic heterocycles. The first-order valence-electron chi connectivity index (χ1n) is 6.74. The van der Waals surface area contributed by atoms with Crippen LogP contribution in [0, 0.1) is 5.92 Å². The van der Waals surface area contributed by atoms with Crippen molar-refractivity contribution in [1.29, 1.82) is 0 Å². The summed E-state index contributed by atoms with van der Waals surface area (Å²) >= 11 is 0. The topological polar surface area (TPSA) is 15.3 Å². The SMILES string of the molecule is CCCC(CN(CC1CC1)C1CC1)NC. The van der Waals surface area contributed by atoms with Gasteiger partial charge in [0, 0.05) is 25.2 Å². The summed E-state index contributed by atoms with van der Waals surface area (Å²) < 4.78 is 0. The third-order valence-corrected chi connectivity index (χ3v) is 3.75. The number of nitrogens with zero attached hydrogens (tertiary/aromatic N) is 1. The number of likely N-dealkylation sites (N-methyl/N-ethyl adjacent to an activating group) is 1. The van der Waals surface area contributed by atoms with Crippen LogP contribution in [0.25, 0.3) is 0 Å². The van der Waals surface area contributed by atoms with E-state index in [1.807, 2.05) is 0 Å². The van der Waals surface area contributed by atoms with Gasteiger partial charge in [0.1, 0.15) is 0 Å². The highest BCUT2D eigenvalue weighted by atomic mass is 15.2. The van der Waals surface area contributed by atoms with Crippen LogP contribution in [0.1, 0.15) is 45.4 Å². The van der Waals surface area contributed by atoms with E-state index >= 15 is 0 Å². The summed E-state index contributed by atoms with van der Waals surface area (Å²) in [7, 11) is 2.11. The van der Waals surface area contributed by atoms with E-state index < -0.39 is 0 Å². The lowest BCUT2D eigenvalue weighted by Gasteiger charge is -2.27. The molecule has 0 aromatic rings. The number of hydrogen-bond acceptors (Lipinski definition) is 2. The Morgan fingerprint density at radius 1 is 1.27 bits per heavy atom. The Morgan fingerprint density at radius 2 is 2.00 bits per heavy atom. The molecule has 2 aliphatic rings. The summed E-state index contributed by atoms with van der Waals surface area (Å²) in [5, 5.41) is 3.47. The van der Waals surface area contributed by atoms with E-state index in [9.17, 15) is 0 Å². The first-order chi connectivity index (χ1) is 7.33. The molecule has 2 aliphatic carbocycles. The highest BCUT2D eigenvalue weighted by Gasteiger charge is 2.34. The molecule has 15 heavy (non-hydrogen) atoms. The molecule has 0 spiro atoms. The van der Waals surface area contributed by atoms with Crippen LogP contribution < -0.4 is 5.32 Å². The van der Waals surface area contributed by atoms with Crippen molar-refractivity contribution in [2.75, 3.05) is 20.1 Å². The van der Waals surface area contributed by atoms with Crippen molar-refractivity contribution in [2.24, 2.45) is 5.92 Å². The van der Waals surface area contributed by atoms with Crippen LogP contribution in [0.2, 0.25) is 0 Å². The largest absolute Gasteiger partial charge is 0.316 e. The molecule has 2 rings (SSSR count). The van der Waals surface area contributed by atoms with Crippen LogP contribution in [0.4, 0.5) is 0 Å². The second-order valence-electron chi connectivity index (χ2n) is 5.40. The Labute approximate surface area is 94.4 Å². The minimum Gasteiger partial charge on any atom is -0.316 e. The fourth-order valence-electron chi connectivity index (χ4n) is 2.40. The van der Waals surface area contributed by atoms with E-state index in [4.69, 9.17) is 0 Å². The lowest BCUT2D eigenvalue weighted by atomic mass is 10.1. The summed E-state index contributed by atoms with van der Waals surface area (Å²) in [6.07, 6.45) is 8.50. The molecule has 1 atom stereocenters. The Bertz CT molecular complexity index is 185. The normalized spacial score (nSPS) is 23.4. The fraction of sp³-hybridized carbons (Fsp3) is 1.00. The average Bonchev–Trinajstić information content (AvgIpc) is 3.07. The Morgan fingerprint density at radius 3 is 2.47 bits per heavy atom. The quantitative estimate of drug-likeness (QED) is 0.661. The standard InChI is InChI=1S/C13H26N2/c1-3-4-12(14-2)10-15(13-7-8-13)9-11-5-6-11/h11-14H,3-10H2,1-2H3. The van der Waals surface area contributed by atoms with Gasteiger partial charge >= 0.3 is 0 Å². The van der Waals surface area contributed by atoms with Gasteiger partial charge in [-0.2, -0.15) is 0 Å². The molecule has 0 bridgehead atoms. The van der Waals surface area contributed by atoms with Crippen LogP contribution in [-0.4, -0.2) is 37.1 Å². The van der Waals surface area contributed by atoms with Crippen molar-refractivity contribution in [1.82, 2.24) is 10.2 Å². The monoisotopic (exact) mass is 210 g/mol. The predicted octanol–water partition coefficient (Wildman–Crippen LogP) is 2.25. The van der Waals surface area contributed by atoms with E-state index in [1.54, 1.807) is 0 Å².